The van der Waals surface area contributed by atoms with E-state index in [1.54, 1.807) is 23.6 Å². The topological polar surface area (TPSA) is 84.7 Å². The van der Waals surface area contributed by atoms with E-state index in [9.17, 15) is 10.1 Å². The quantitative estimate of drug-likeness (QED) is 0.881. The maximum absolute atomic E-state index is 11.9. The Labute approximate surface area is 128 Å². The number of hydrogen-bond donors (Lipinski definition) is 1. The van der Waals surface area contributed by atoms with Gasteiger partial charge >= 0.3 is 0 Å². The van der Waals surface area contributed by atoms with Gasteiger partial charge in [0.15, 0.2) is 0 Å². The van der Waals surface area contributed by atoms with E-state index >= 15 is 0 Å². The van der Waals surface area contributed by atoms with Crippen LogP contribution in [0.15, 0.2) is 18.2 Å². The number of carbonyl (C=O) groups excluding carboxylic acids is 1. The van der Waals surface area contributed by atoms with Crippen molar-refractivity contribution in [1.82, 2.24) is 9.55 Å². The second-order valence-electron chi connectivity index (χ2n) is 5.33. The lowest BCUT2D eigenvalue weighted by Crippen LogP contribution is -2.31. The Morgan fingerprint density at radius 1 is 1.43 bits per heavy atom. The third kappa shape index (κ3) is 2.59. The van der Waals surface area contributed by atoms with Crippen molar-refractivity contribution < 1.29 is 4.79 Å². The van der Waals surface area contributed by atoms with Crippen molar-refractivity contribution in [1.29, 1.82) is 5.26 Å². The van der Waals surface area contributed by atoms with Crippen LogP contribution >= 0.6 is 11.6 Å². The van der Waals surface area contributed by atoms with Crippen molar-refractivity contribution in [3.05, 3.63) is 29.6 Å². The normalized spacial score (nSPS) is 14.1. The number of aromatic nitrogens is 2. The summed E-state index contributed by atoms with van der Waals surface area (Å²) < 4.78 is 1.76. The average molecular weight is 305 g/mol. The Hall–Kier alpha value is -2.06. The van der Waals surface area contributed by atoms with Crippen molar-refractivity contribution >= 4 is 28.5 Å². The fourth-order valence-corrected chi connectivity index (χ4v) is 2.71. The number of alkyl halides is 1. The summed E-state index contributed by atoms with van der Waals surface area (Å²) in [6, 6.07) is 6.84. The van der Waals surface area contributed by atoms with E-state index in [4.69, 9.17) is 17.3 Å². The molecule has 0 saturated carbocycles. The van der Waals surface area contributed by atoms with Gasteiger partial charge in [-0.2, -0.15) is 5.26 Å². The van der Waals surface area contributed by atoms with E-state index in [0.29, 0.717) is 22.4 Å². The van der Waals surface area contributed by atoms with Crippen LogP contribution in [0.5, 0.6) is 0 Å². The summed E-state index contributed by atoms with van der Waals surface area (Å²) in [6.07, 6.45) is 0. The summed E-state index contributed by atoms with van der Waals surface area (Å²) in [7, 11) is 0. The number of fused-ring (bicyclic) bond motifs is 1. The standard InChI is InChI=1S/C15H17ClN4O/c1-8(2)13(14(18)21)20-11-6-4-5-10(7-17)12(11)19-15(20)9(3)16/h4-6,8-9,13H,1-3H3,(H2,18,21). The molecule has 1 aromatic carbocycles. The zero-order chi connectivity index (χ0) is 15.7. The number of nitrogens with two attached hydrogens (primary N) is 1. The number of amides is 1. The van der Waals surface area contributed by atoms with Crippen LogP contribution in [0.2, 0.25) is 0 Å². The van der Waals surface area contributed by atoms with Gasteiger partial charge in [-0.15, -0.1) is 11.6 Å². The molecule has 0 aliphatic carbocycles. The van der Waals surface area contributed by atoms with E-state index in [-0.39, 0.29) is 5.92 Å². The number of halogens is 1. The molecule has 0 radical (unpaired) electrons. The number of nitriles is 1. The van der Waals surface area contributed by atoms with Gasteiger partial charge in [-0.3, -0.25) is 4.79 Å². The summed E-state index contributed by atoms with van der Waals surface area (Å²) >= 11 is 6.21. The number of hydrogen-bond acceptors (Lipinski definition) is 3. The number of carbonyl (C=O) groups is 1. The molecular weight excluding hydrogens is 288 g/mol. The fraction of sp³-hybridized carbons (Fsp3) is 0.400. The number of nitrogens with zero attached hydrogens (tertiary/aromatic N) is 3. The van der Waals surface area contributed by atoms with Crippen molar-refractivity contribution in [3.8, 4) is 6.07 Å². The van der Waals surface area contributed by atoms with E-state index in [2.05, 4.69) is 11.1 Å². The molecule has 6 heteroatoms. The second kappa shape index (κ2) is 5.74. The highest BCUT2D eigenvalue weighted by Crippen LogP contribution is 2.32. The van der Waals surface area contributed by atoms with Crippen LogP contribution in [0.4, 0.5) is 0 Å². The van der Waals surface area contributed by atoms with Crippen LogP contribution in [0.1, 0.15) is 43.6 Å². The highest BCUT2D eigenvalue weighted by molar-refractivity contribution is 6.20. The molecule has 1 aromatic heterocycles. The van der Waals surface area contributed by atoms with Gasteiger partial charge in [-0.05, 0) is 25.0 Å². The largest absolute Gasteiger partial charge is 0.368 e. The first-order chi connectivity index (χ1) is 9.88. The molecule has 1 amide bonds. The lowest BCUT2D eigenvalue weighted by Gasteiger charge is -2.23. The summed E-state index contributed by atoms with van der Waals surface area (Å²) in [5.74, 6) is 0.0944. The fourth-order valence-electron chi connectivity index (χ4n) is 2.55. The van der Waals surface area contributed by atoms with Crippen molar-refractivity contribution in [3.63, 3.8) is 0 Å². The predicted octanol–water partition coefficient (Wildman–Crippen LogP) is 2.89. The highest BCUT2D eigenvalue weighted by atomic mass is 35.5. The summed E-state index contributed by atoms with van der Waals surface area (Å²) in [5, 5.41) is 8.81. The zero-order valence-electron chi connectivity index (χ0n) is 12.2. The second-order valence-corrected chi connectivity index (χ2v) is 5.99. The van der Waals surface area contributed by atoms with E-state index in [1.807, 2.05) is 19.9 Å². The van der Waals surface area contributed by atoms with Crippen LogP contribution < -0.4 is 5.73 Å². The van der Waals surface area contributed by atoms with Crippen LogP contribution in [-0.2, 0) is 4.79 Å². The number of imidazole rings is 1. The first-order valence-electron chi connectivity index (χ1n) is 6.72. The van der Waals surface area contributed by atoms with Crippen LogP contribution in [-0.4, -0.2) is 15.5 Å². The minimum atomic E-state index is -0.555. The SMILES string of the molecule is CC(Cl)c1nc2c(C#N)cccc2n1C(C(N)=O)C(C)C. The van der Waals surface area contributed by atoms with Crippen LogP contribution in [0.25, 0.3) is 11.0 Å². The average Bonchev–Trinajstić information content (AvgIpc) is 2.77. The van der Waals surface area contributed by atoms with Gasteiger partial charge in [0.2, 0.25) is 5.91 Å². The van der Waals surface area contributed by atoms with E-state index < -0.39 is 17.3 Å². The third-order valence-electron chi connectivity index (χ3n) is 3.42. The molecule has 1 heterocycles. The van der Waals surface area contributed by atoms with E-state index in [0.717, 1.165) is 0 Å². The summed E-state index contributed by atoms with van der Waals surface area (Å²) in [4.78, 5) is 16.3. The highest BCUT2D eigenvalue weighted by Gasteiger charge is 2.28. The Balaban J connectivity index is 2.85. The molecule has 0 spiro atoms. The van der Waals surface area contributed by atoms with Gasteiger partial charge in [0, 0.05) is 0 Å². The van der Waals surface area contributed by atoms with E-state index in [1.165, 1.54) is 0 Å². The van der Waals surface area contributed by atoms with Gasteiger partial charge < -0.3 is 10.3 Å². The first-order valence-corrected chi connectivity index (χ1v) is 7.16. The maximum atomic E-state index is 11.9. The minimum absolute atomic E-state index is 0.0141. The molecule has 2 aromatic rings. The summed E-state index contributed by atoms with van der Waals surface area (Å²) in [6.45, 7) is 5.61. The predicted molar refractivity (Wildman–Crippen MR) is 81.8 cm³/mol. The maximum Gasteiger partial charge on any atom is 0.240 e. The Bertz CT molecular complexity index is 727. The van der Waals surface area contributed by atoms with Gasteiger partial charge in [0.05, 0.1) is 16.5 Å². The number of rotatable bonds is 4. The van der Waals surface area contributed by atoms with Crippen molar-refractivity contribution in [2.75, 3.05) is 0 Å². The molecule has 0 aliphatic heterocycles. The molecule has 2 atom stereocenters. The van der Waals surface area contributed by atoms with Gasteiger partial charge in [0.25, 0.3) is 0 Å². The molecule has 0 saturated heterocycles. The minimum Gasteiger partial charge on any atom is -0.368 e. The Kier molecular flexibility index (Phi) is 4.19. The lowest BCUT2D eigenvalue weighted by atomic mass is 10.0. The van der Waals surface area contributed by atoms with Crippen LogP contribution in [0, 0.1) is 17.2 Å². The molecule has 2 rings (SSSR count). The van der Waals surface area contributed by atoms with Crippen LogP contribution in [0.3, 0.4) is 0 Å². The zero-order valence-corrected chi connectivity index (χ0v) is 12.9. The monoisotopic (exact) mass is 304 g/mol. The number of para-hydroxylation sites is 1. The Morgan fingerprint density at radius 3 is 2.57 bits per heavy atom. The lowest BCUT2D eigenvalue weighted by molar-refractivity contribution is -0.122. The first kappa shape index (κ1) is 15.3. The molecule has 110 valence electrons. The molecule has 0 aliphatic rings. The molecule has 2 N–H and O–H groups in total. The molecule has 5 nitrogen and oxygen atoms in total. The number of benzene rings is 1. The van der Waals surface area contributed by atoms with Crippen molar-refractivity contribution in [2.45, 2.75) is 32.2 Å². The molecule has 0 bridgehead atoms. The molecule has 21 heavy (non-hydrogen) atoms. The van der Waals surface area contributed by atoms with Gasteiger partial charge in [-0.1, -0.05) is 19.9 Å². The van der Waals surface area contributed by atoms with Gasteiger partial charge in [0.1, 0.15) is 23.5 Å². The Morgan fingerprint density at radius 2 is 2.10 bits per heavy atom. The molecule has 2 unspecified atom stereocenters. The summed E-state index contributed by atoms with van der Waals surface area (Å²) in [5.41, 5.74) is 7.27. The third-order valence-corrected chi connectivity index (χ3v) is 3.62. The molecule has 0 fully saturated rings. The molecular formula is C15H17ClN4O. The number of primary amides is 1. The smallest absolute Gasteiger partial charge is 0.240 e. The van der Waals surface area contributed by atoms with Gasteiger partial charge in [-0.25, -0.2) is 4.98 Å². The van der Waals surface area contributed by atoms with Crippen molar-refractivity contribution in [2.24, 2.45) is 11.7 Å².